The van der Waals surface area contributed by atoms with Gasteiger partial charge in [0.2, 0.25) is 16.0 Å². The number of sulfonamides is 1. The van der Waals surface area contributed by atoms with Crippen LogP contribution in [0.25, 0.3) is 16.8 Å². The SMILES string of the molecule is CS(=O)(=O)Nc1cccc(-c2ccc3cnc(Nc4ccc(C5CCN(CCO)CC5)cc4)nn23)c1. The summed E-state index contributed by atoms with van der Waals surface area (Å²) in [6.07, 6.45) is 5.09. The second kappa shape index (κ2) is 10.3. The van der Waals surface area contributed by atoms with Crippen molar-refractivity contribution >= 4 is 32.9 Å². The van der Waals surface area contributed by atoms with E-state index in [1.807, 2.05) is 18.2 Å². The van der Waals surface area contributed by atoms with Crippen LogP contribution in [-0.2, 0) is 10.0 Å². The summed E-state index contributed by atoms with van der Waals surface area (Å²) in [6.45, 7) is 3.01. The minimum Gasteiger partial charge on any atom is -0.395 e. The fourth-order valence-electron chi connectivity index (χ4n) is 4.73. The van der Waals surface area contributed by atoms with Gasteiger partial charge in [0.1, 0.15) is 0 Å². The average molecular weight is 507 g/mol. The van der Waals surface area contributed by atoms with E-state index in [9.17, 15) is 8.42 Å². The van der Waals surface area contributed by atoms with Crippen molar-refractivity contribution < 1.29 is 13.5 Å². The van der Waals surface area contributed by atoms with Crippen molar-refractivity contribution in [2.45, 2.75) is 18.8 Å². The van der Waals surface area contributed by atoms with Crippen LogP contribution in [0.5, 0.6) is 0 Å². The molecule has 0 bridgehead atoms. The van der Waals surface area contributed by atoms with E-state index in [2.05, 4.69) is 49.3 Å². The number of nitrogens with zero attached hydrogens (tertiary/aromatic N) is 4. The molecule has 9 nitrogen and oxygen atoms in total. The molecule has 0 aliphatic carbocycles. The van der Waals surface area contributed by atoms with E-state index in [4.69, 9.17) is 5.11 Å². The monoisotopic (exact) mass is 506 g/mol. The highest BCUT2D eigenvalue weighted by molar-refractivity contribution is 7.92. The Morgan fingerprint density at radius 2 is 1.81 bits per heavy atom. The number of β-amino-alcohol motifs (C(OH)–C–C–N with tert-alkyl or cyclic N) is 1. The maximum absolute atomic E-state index is 11.6. The molecule has 1 fully saturated rings. The van der Waals surface area contributed by atoms with Gasteiger partial charge in [0, 0.05) is 23.5 Å². The first-order valence-corrected chi connectivity index (χ1v) is 13.9. The first kappa shape index (κ1) is 24.2. The molecule has 3 heterocycles. The molecule has 2 aromatic carbocycles. The van der Waals surface area contributed by atoms with E-state index in [1.165, 1.54) is 5.56 Å². The second-order valence-corrected chi connectivity index (χ2v) is 10.9. The number of likely N-dealkylation sites (tertiary alicyclic amines) is 1. The molecule has 1 saturated heterocycles. The van der Waals surface area contributed by atoms with Gasteiger partial charge in [0.05, 0.1) is 30.3 Å². The summed E-state index contributed by atoms with van der Waals surface area (Å²) >= 11 is 0. The van der Waals surface area contributed by atoms with Gasteiger partial charge in [-0.15, -0.1) is 5.10 Å². The highest BCUT2D eigenvalue weighted by Gasteiger charge is 2.20. The molecule has 1 aliphatic rings. The van der Waals surface area contributed by atoms with E-state index < -0.39 is 10.0 Å². The minimum absolute atomic E-state index is 0.218. The lowest BCUT2D eigenvalue weighted by Crippen LogP contribution is -2.34. The molecule has 4 aromatic rings. The smallest absolute Gasteiger partial charge is 0.245 e. The number of aliphatic hydroxyl groups is 1. The number of fused-ring (bicyclic) bond motifs is 1. The van der Waals surface area contributed by atoms with Crippen molar-refractivity contribution in [3.05, 3.63) is 72.4 Å². The minimum atomic E-state index is -3.37. The first-order valence-electron chi connectivity index (χ1n) is 12.0. The third-order valence-electron chi connectivity index (χ3n) is 6.50. The maximum atomic E-state index is 11.6. The van der Waals surface area contributed by atoms with Crippen LogP contribution in [0.1, 0.15) is 24.3 Å². The van der Waals surface area contributed by atoms with E-state index >= 15 is 0 Å². The third-order valence-corrected chi connectivity index (χ3v) is 7.11. The number of benzene rings is 2. The molecule has 0 atom stereocenters. The van der Waals surface area contributed by atoms with Crippen molar-refractivity contribution in [3.8, 4) is 11.3 Å². The van der Waals surface area contributed by atoms with Gasteiger partial charge in [-0.1, -0.05) is 24.3 Å². The van der Waals surface area contributed by atoms with Crippen molar-refractivity contribution in [3.63, 3.8) is 0 Å². The molecule has 5 rings (SSSR count). The van der Waals surface area contributed by atoms with Gasteiger partial charge in [0.15, 0.2) is 0 Å². The van der Waals surface area contributed by atoms with Crippen LogP contribution in [0.15, 0.2) is 66.9 Å². The molecule has 2 aromatic heterocycles. The largest absolute Gasteiger partial charge is 0.395 e. The zero-order valence-corrected chi connectivity index (χ0v) is 20.9. The molecular formula is C26H30N6O3S. The van der Waals surface area contributed by atoms with Crippen LogP contribution < -0.4 is 10.0 Å². The molecular weight excluding hydrogens is 476 g/mol. The lowest BCUT2D eigenvalue weighted by Gasteiger charge is -2.31. The van der Waals surface area contributed by atoms with Crippen LogP contribution in [-0.4, -0.2) is 65.5 Å². The fourth-order valence-corrected chi connectivity index (χ4v) is 5.29. The standard InChI is InChI=1S/C26H30N6O3S/c1-36(34,35)30-23-4-2-3-21(17-23)25-10-9-24-18-27-26(29-32(24)25)28-22-7-5-19(6-8-22)20-11-13-31(14-12-20)15-16-33/h2-10,17-18,20,30,33H,11-16H2,1H3,(H,28,29). The van der Waals surface area contributed by atoms with Gasteiger partial charge in [-0.25, -0.2) is 17.9 Å². The lowest BCUT2D eigenvalue weighted by atomic mass is 9.89. The molecule has 188 valence electrons. The summed E-state index contributed by atoms with van der Waals surface area (Å²) in [5.41, 5.74) is 5.23. The predicted molar refractivity (Wildman–Crippen MR) is 142 cm³/mol. The van der Waals surface area contributed by atoms with Gasteiger partial charge in [-0.3, -0.25) is 4.72 Å². The van der Waals surface area contributed by atoms with Crippen molar-refractivity contribution in [2.24, 2.45) is 0 Å². The Bertz CT molecular complexity index is 1440. The Labute approximate surface area is 210 Å². The summed E-state index contributed by atoms with van der Waals surface area (Å²) in [4.78, 5) is 6.77. The number of anilines is 3. The Morgan fingerprint density at radius 1 is 1.03 bits per heavy atom. The van der Waals surface area contributed by atoms with Crippen LogP contribution in [0.2, 0.25) is 0 Å². The molecule has 0 spiro atoms. The van der Waals surface area contributed by atoms with Crippen molar-refractivity contribution in [1.82, 2.24) is 19.5 Å². The number of piperidine rings is 1. The molecule has 3 N–H and O–H groups in total. The Balaban J connectivity index is 1.32. The number of nitrogens with one attached hydrogen (secondary N) is 2. The second-order valence-electron chi connectivity index (χ2n) is 9.18. The molecule has 1 aliphatic heterocycles. The summed E-state index contributed by atoms with van der Waals surface area (Å²) in [5, 5.41) is 17.1. The summed E-state index contributed by atoms with van der Waals surface area (Å²) < 4.78 is 27.6. The summed E-state index contributed by atoms with van der Waals surface area (Å²) in [6, 6.07) is 19.5. The molecule has 36 heavy (non-hydrogen) atoms. The van der Waals surface area contributed by atoms with Crippen molar-refractivity contribution in [1.29, 1.82) is 0 Å². The molecule has 0 unspecified atom stereocenters. The Kier molecular flexibility index (Phi) is 6.90. The van der Waals surface area contributed by atoms with Gasteiger partial charge in [-0.2, -0.15) is 0 Å². The van der Waals surface area contributed by atoms with Crippen LogP contribution in [0.4, 0.5) is 17.3 Å². The number of hydrogen-bond donors (Lipinski definition) is 3. The van der Waals surface area contributed by atoms with Crippen LogP contribution in [0, 0.1) is 0 Å². The Morgan fingerprint density at radius 3 is 2.53 bits per heavy atom. The highest BCUT2D eigenvalue weighted by atomic mass is 32.2. The quantitative estimate of drug-likeness (QED) is 0.334. The number of aromatic nitrogens is 3. The van der Waals surface area contributed by atoms with Crippen LogP contribution >= 0.6 is 0 Å². The third kappa shape index (κ3) is 5.67. The van der Waals surface area contributed by atoms with Crippen LogP contribution in [0.3, 0.4) is 0 Å². The normalized spacial score (nSPS) is 15.3. The summed E-state index contributed by atoms with van der Waals surface area (Å²) in [7, 11) is -3.37. The Hall–Kier alpha value is -3.47. The zero-order chi connectivity index (χ0) is 25.1. The van der Waals surface area contributed by atoms with Gasteiger partial charge in [-0.05, 0) is 73.8 Å². The van der Waals surface area contributed by atoms with Gasteiger partial charge < -0.3 is 15.3 Å². The van der Waals surface area contributed by atoms with E-state index in [0.717, 1.165) is 61.2 Å². The zero-order valence-electron chi connectivity index (χ0n) is 20.1. The number of rotatable bonds is 8. The van der Waals surface area contributed by atoms with E-state index in [-0.39, 0.29) is 6.61 Å². The topological polar surface area (TPSA) is 112 Å². The predicted octanol–water partition coefficient (Wildman–Crippen LogP) is 3.68. The van der Waals surface area contributed by atoms with Gasteiger partial charge in [0.25, 0.3) is 0 Å². The number of aliphatic hydroxyl groups excluding tert-OH is 1. The molecule has 10 heteroatoms. The lowest BCUT2D eigenvalue weighted by molar-refractivity contribution is 0.164. The van der Waals surface area contributed by atoms with E-state index in [1.54, 1.807) is 28.9 Å². The average Bonchev–Trinajstić information content (AvgIpc) is 3.28. The number of hydrogen-bond acceptors (Lipinski definition) is 7. The molecule has 0 radical (unpaired) electrons. The highest BCUT2D eigenvalue weighted by Crippen LogP contribution is 2.29. The molecule has 0 amide bonds. The van der Waals surface area contributed by atoms with E-state index in [0.29, 0.717) is 17.6 Å². The maximum Gasteiger partial charge on any atom is 0.245 e. The molecule has 0 saturated carbocycles. The fraction of sp³-hybridized carbons (Fsp3) is 0.308. The first-order chi connectivity index (χ1) is 17.4. The van der Waals surface area contributed by atoms with Gasteiger partial charge >= 0.3 is 0 Å². The summed E-state index contributed by atoms with van der Waals surface area (Å²) in [5.74, 6) is 1.01. The van der Waals surface area contributed by atoms with Crippen molar-refractivity contribution in [2.75, 3.05) is 42.5 Å².